The van der Waals surface area contributed by atoms with Crippen molar-refractivity contribution in [3.8, 4) is 0 Å². The Morgan fingerprint density at radius 3 is 1.90 bits per heavy atom. The quantitative estimate of drug-likeness (QED) is 0.328. The fourth-order valence-corrected chi connectivity index (χ4v) is 7.29. The summed E-state index contributed by atoms with van der Waals surface area (Å²) in [6.45, 7) is 1.37. The van der Waals surface area contributed by atoms with Gasteiger partial charge >= 0.3 is 0 Å². The first kappa shape index (κ1) is 28.8. The van der Waals surface area contributed by atoms with Crippen molar-refractivity contribution in [3.63, 3.8) is 0 Å². The van der Waals surface area contributed by atoms with E-state index >= 15 is 0 Å². The summed E-state index contributed by atoms with van der Waals surface area (Å²) in [5.74, 6) is -6.67. The number of carbonyl (C=O) groups excluding carboxylic acids is 6. The van der Waals surface area contributed by atoms with E-state index in [4.69, 9.17) is 0 Å². The number of ketones is 6. The molecule has 11 heteroatoms. The number of likely N-dealkylation sites (tertiary alicyclic amines) is 1. The predicted octanol–water partition coefficient (Wildman–Crippen LogP) is 2.13. The summed E-state index contributed by atoms with van der Waals surface area (Å²) >= 11 is 0. The van der Waals surface area contributed by atoms with Crippen molar-refractivity contribution in [1.82, 2.24) is 10.2 Å². The van der Waals surface area contributed by atoms with Gasteiger partial charge in [-0.1, -0.05) is 0 Å². The summed E-state index contributed by atoms with van der Waals surface area (Å²) in [7, 11) is -0.757. The van der Waals surface area contributed by atoms with Crippen molar-refractivity contribution >= 4 is 44.5 Å². The van der Waals surface area contributed by atoms with Crippen LogP contribution in [0.5, 0.6) is 0 Å². The third-order valence-electron chi connectivity index (χ3n) is 8.27. The SMILES string of the molecule is CNCCCCC(=O)C1C(=O)c2ccc(S(=O)(=O)c3ccc4c(c3)C(=O)C(C(=O)[C@@H]3CCCN3C)C4=O)cc2C1=O. The molecule has 2 aliphatic carbocycles. The Labute approximate surface area is 237 Å². The second-order valence-corrected chi connectivity index (χ2v) is 12.8. The molecule has 41 heavy (non-hydrogen) atoms. The van der Waals surface area contributed by atoms with Crippen LogP contribution in [-0.2, 0) is 19.4 Å². The highest BCUT2D eigenvalue weighted by Crippen LogP contribution is 2.35. The van der Waals surface area contributed by atoms with E-state index in [0.717, 1.165) is 18.6 Å². The van der Waals surface area contributed by atoms with Gasteiger partial charge in [-0.25, -0.2) is 8.42 Å². The lowest BCUT2D eigenvalue weighted by Gasteiger charge is -2.20. The Morgan fingerprint density at radius 1 is 0.829 bits per heavy atom. The molecule has 0 bridgehead atoms. The van der Waals surface area contributed by atoms with E-state index in [1.165, 1.54) is 24.3 Å². The van der Waals surface area contributed by atoms with Crippen molar-refractivity contribution in [1.29, 1.82) is 0 Å². The number of hydrogen-bond donors (Lipinski definition) is 1. The Bertz CT molecular complexity index is 1630. The summed E-state index contributed by atoms with van der Waals surface area (Å²) in [5, 5.41) is 2.96. The third kappa shape index (κ3) is 4.81. The highest BCUT2D eigenvalue weighted by atomic mass is 32.2. The molecule has 5 rings (SSSR count). The molecule has 1 aliphatic heterocycles. The van der Waals surface area contributed by atoms with Gasteiger partial charge in [0.15, 0.2) is 34.7 Å². The van der Waals surface area contributed by atoms with Crippen LogP contribution >= 0.6 is 0 Å². The van der Waals surface area contributed by atoms with E-state index in [2.05, 4.69) is 5.32 Å². The Kier molecular flexibility index (Phi) is 7.71. The van der Waals surface area contributed by atoms with Gasteiger partial charge in [-0.05, 0) is 89.3 Å². The van der Waals surface area contributed by atoms with E-state index in [1.807, 2.05) is 4.90 Å². The van der Waals surface area contributed by atoms with E-state index in [9.17, 15) is 37.2 Å². The van der Waals surface area contributed by atoms with Crippen LogP contribution in [0.3, 0.4) is 0 Å². The molecular formula is C30H30N2O8S. The second-order valence-electron chi connectivity index (χ2n) is 10.8. The maximum absolute atomic E-state index is 13.6. The lowest BCUT2D eigenvalue weighted by Crippen LogP contribution is -2.40. The van der Waals surface area contributed by atoms with Gasteiger partial charge in [0.2, 0.25) is 9.84 Å². The molecule has 0 radical (unpaired) electrons. The van der Waals surface area contributed by atoms with Gasteiger partial charge in [-0.3, -0.25) is 33.7 Å². The Balaban J connectivity index is 1.40. The number of Topliss-reactive ketones (excluding diaryl/α,β-unsaturated/α-hetero) is 6. The molecule has 1 fully saturated rings. The second kappa shape index (κ2) is 11.0. The zero-order chi connectivity index (χ0) is 29.6. The lowest BCUT2D eigenvalue weighted by atomic mass is 9.92. The van der Waals surface area contributed by atoms with E-state index in [-0.39, 0.29) is 38.5 Å². The van der Waals surface area contributed by atoms with Gasteiger partial charge in [0.1, 0.15) is 11.8 Å². The molecule has 0 amide bonds. The standard InChI is InChI=1S/C30H30N2O8S/c1-31-12-4-3-7-23(33)24-26(34)18-10-8-16(14-20(18)28(24)36)41(39,40)17-9-11-19-21(15-17)29(37)25(27(19)35)30(38)22-6-5-13-32(22)2/h8-11,14-15,22,24-25,31H,3-7,12-13H2,1-2H3/t22-,24?,25?/m0/s1. The first-order valence-electron chi connectivity index (χ1n) is 13.6. The molecule has 0 spiro atoms. The van der Waals surface area contributed by atoms with E-state index < -0.39 is 62.4 Å². The summed E-state index contributed by atoms with van der Waals surface area (Å²) in [5.41, 5.74) is -0.274. The fraction of sp³-hybridized carbons (Fsp3) is 0.400. The number of sulfone groups is 1. The largest absolute Gasteiger partial charge is 0.320 e. The number of likely N-dealkylation sites (N-methyl/N-ethyl adjacent to an activating group) is 1. The minimum atomic E-state index is -4.30. The van der Waals surface area contributed by atoms with Crippen LogP contribution in [0.1, 0.15) is 73.5 Å². The van der Waals surface area contributed by atoms with Gasteiger partial charge in [0.05, 0.1) is 15.8 Å². The first-order chi connectivity index (χ1) is 19.5. The van der Waals surface area contributed by atoms with E-state index in [1.54, 1.807) is 14.1 Å². The molecule has 10 nitrogen and oxygen atoms in total. The normalized spacial score (nSPS) is 22.3. The lowest BCUT2D eigenvalue weighted by molar-refractivity contribution is -0.124. The average molecular weight is 579 g/mol. The molecule has 1 heterocycles. The van der Waals surface area contributed by atoms with Crippen molar-refractivity contribution in [2.75, 3.05) is 27.2 Å². The predicted molar refractivity (Wildman–Crippen MR) is 146 cm³/mol. The van der Waals surface area contributed by atoms with Crippen molar-refractivity contribution in [2.24, 2.45) is 11.8 Å². The zero-order valence-electron chi connectivity index (χ0n) is 22.8. The molecule has 0 saturated carbocycles. The maximum atomic E-state index is 13.6. The molecule has 1 saturated heterocycles. The topological polar surface area (TPSA) is 152 Å². The molecule has 2 aromatic rings. The number of benzene rings is 2. The summed E-state index contributed by atoms with van der Waals surface area (Å²) in [6, 6.07) is 6.47. The number of rotatable bonds is 10. The number of carbonyl (C=O) groups is 6. The van der Waals surface area contributed by atoms with Gasteiger partial charge in [0, 0.05) is 28.7 Å². The zero-order valence-corrected chi connectivity index (χ0v) is 23.6. The van der Waals surface area contributed by atoms with Crippen molar-refractivity contribution < 1.29 is 37.2 Å². The Morgan fingerprint density at radius 2 is 1.37 bits per heavy atom. The van der Waals surface area contributed by atoms with E-state index in [0.29, 0.717) is 32.4 Å². The molecule has 2 aromatic carbocycles. The van der Waals surface area contributed by atoms with Crippen LogP contribution in [0.25, 0.3) is 0 Å². The van der Waals surface area contributed by atoms with Crippen LogP contribution in [0, 0.1) is 11.8 Å². The van der Waals surface area contributed by atoms with Crippen LogP contribution in [0.4, 0.5) is 0 Å². The fourth-order valence-electron chi connectivity index (χ4n) is 5.97. The number of unbranched alkanes of at least 4 members (excludes halogenated alkanes) is 1. The molecule has 1 N–H and O–H groups in total. The van der Waals surface area contributed by atoms with Gasteiger partial charge in [0.25, 0.3) is 0 Å². The van der Waals surface area contributed by atoms with Crippen molar-refractivity contribution in [3.05, 3.63) is 58.7 Å². The minimum absolute atomic E-state index is 0.00116. The molecule has 214 valence electrons. The minimum Gasteiger partial charge on any atom is -0.320 e. The summed E-state index contributed by atoms with van der Waals surface area (Å²) in [4.78, 5) is 79.1. The number of hydrogen-bond acceptors (Lipinski definition) is 10. The number of nitrogens with one attached hydrogen (secondary N) is 1. The number of fused-ring (bicyclic) bond motifs is 2. The van der Waals surface area contributed by atoms with Gasteiger partial charge in [-0.2, -0.15) is 0 Å². The highest BCUT2D eigenvalue weighted by molar-refractivity contribution is 7.91. The van der Waals surface area contributed by atoms with Gasteiger partial charge in [-0.15, -0.1) is 0 Å². The highest BCUT2D eigenvalue weighted by Gasteiger charge is 2.47. The third-order valence-corrected chi connectivity index (χ3v) is 10.0. The Hall–Kier alpha value is -3.67. The monoisotopic (exact) mass is 578 g/mol. The van der Waals surface area contributed by atoms with Gasteiger partial charge < -0.3 is 5.32 Å². The molecule has 3 aliphatic rings. The van der Waals surface area contributed by atoms with Crippen molar-refractivity contribution in [2.45, 2.75) is 47.9 Å². The molecule has 2 unspecified atom stereocenters. The van der Waals surface area contributed by atoms with Crippen LogP contribution in [-0.4, -0.2) is 81.2 Å². The summed E-state index contributed by atoms with van der Waals surface area (Å²) < 4.78 is 27.1. The van der Waals surface area contributed by atoms with Crippen LogP contribution < -0.4 is 5.32 Å². The average Bonchev–Trinajstić information content (AvgIpc) is 3.57. The summed E-state index contributed by atoms with van der Waals surface area (Å²) in [6.07, 6.45) is 2.60. The molecule has 0 aromatic heterocycles. The molecular weight excluding hydrogens is 548 g/mol. The molecule has 3 atom stereocenters. The first-order valence-corrected chi connectivity index (χ1v) is 15.1. The van der Waals surface area contributed by atoms with Crippen LogP contribution in [0.15, 0.2) is 46.2 Å². The smallest absolute Gasteiger partial charge is 0.206 e. The van der Waals surface area contributed by atoms with Crippen LogP contribution in [0.2, 0.25) is 0 Å². The maximum Gasteiger partial charge on any atom is 0.206 e. The number of nitrogens with zero attached hydrogens (tertiary/aromatic N) is 1.